The lowest BCUT2D eigenvalue weighted by Crippen LogP contribution is -2.15. The standard InChI is InChI=1S/C64H44N4/c1-64(2)53-38-44(42-31-34-58-51(36-42)48-24-12-15-27-56(48)66(58)46-20-8-4-9-21-46)30-33-50(53)62-54(64)39-45(40-61(62)68-60-29-17-14-26-55(60)65-63(68)41-18-6-3-7-19-41)43-32-35-59-52(37-43)49-25-13-16-28-57(49)67(59)47-22-10-5-11-23-47/h3-40H,1-2H3. The zero-order valence-corrected chi connectivity index (χ0v) is 37.7. The van der Waals surface area contributed by atoms with Gasteiger partial charge in [-0.3, -0.25) is 4.57 Å². The van der Waals surface area contributed by atoms with Crippen LogP contribution < -0.4 is 0 Å². The van der Waals surface area contributed by atoms with Gasteiger partial charge in [0.25, 0.3) is 0 Å². The topological polar surface area (TPSA) is 27.7 Å². The van der Waals surface area contributed by atoms with Crippen LogP contribution in [0.15, 0.2) is 231 Å². The second-order valence-electron chi connectivity index (χ2n) is 18.8. The van der Waals surface area contributed by atoms with Crippen LogP contribution in [0.2, 0.25) is 0 Å². The number of benzene rings is 10. The van der Waals surface area contributed by atoms with Crippen LogP contribution in [-0.4, -0.2) is 18.7 Å². The number of aromatic nitrogens is 4. The van der Waals surface area contributed by atoms with Gasteiger partial charge in [0, 0.05) is 49.5 Å². The SMILES string of the molecule is CC1(C)c2cc(-c3ccc4c(c3)c3ccccc3n4-c3ccccc3)ccc2-c2c(-n3c(-c4ccccc4)nc4ccccc43)cc(-c3ccc4c(c3)c3ccccc3n4-c3ccccc3)cc21. The van der Waals surface area contributed by atoms with Crippen molar-refractivity contribution in [1.29, 1.82) is 0 Å². The summed E-state index contributed by atoms with van der Waals surface area (Å²) < 4.78 is 7.20. The Morgan fingerprint density at radius 3 is 1.43 bits per heavy atom. The third-order valence-electron chi connectivity index (χ3n) is 14.6. The first kappa shape index (κ1) is 38.5. The second-order valence-corrected chi connectivity index (χ2v) is 18.8. The fourth-order valence-corrected chi connectivity index (χ4v) is 11.4. The lowest BCUT2D eigenvalue weighted by Gasteiger charge is -2.24. The van der Waals surface area contributed by atoms with Gasteiger partial charge in [-0.05, 0) is 130 Å². The van der Waals surface area contributed by atoms with Crippen LogP contribution in [0.5, 0.6) is 0 Å². The van der Waals surface area contributed by atoms with Crippen molar-refractivity contribution in [3.05, 3.63) is 242 Å². The molecular weight excluding hydrogens is 825 g/mol. The Morgan fingerprint density at radius 1 is 0.338 bits per heavy atom. The molecule has 3 aromatic heterocycles. The highest BCUT2D eigenvalue weighted by Crippen LogP contribution is 2.54. The third-order valence-corrected chi connectivity index (χ3v) is 14.6. The van der Waals surface area contributed by atoms with Crippen molar-refractivity contribution >= 4 is 54.6 Å². The van der Waals surface area contributed by atoms with E-state index in [2.05, 4.69) is 258 Å². The molecule has 14 rings (SSSR count). The average molecular weight is 869 g/mol. The minimum atomic E-state index is -0.324. The minimum Gasteiger partial charge on any atom is -0.309 e. The van der Waals surface area contributed by atoms with Gasteiger partial charge in [0.2, 0.25) is 0 Å². The Labute approximate surface area is 394 Å². The molecule has 0 N–H and O–H groups in total. The zero-order valence-electron chi connectivity index (χ0n) is 37.7. The molecule has 4 heteroatoms. The van der Waals surface area contributed by atoms with E-state index in [0.717, 1.165) is 33.8 Å². The largest absolute Gasteiger partial charge is 0.309 e. The van der Waals surface area contributed by atoms with Crippen molar-refractivity contribution in [2.45, 2.75) is 19.3 Å². The minimum absolute atomic E-state index is 0.324. The Morgan fingerprint density at radius 2 is 0.809 bits per heavy atom. The molecule has 10 aromatic carbocycles. The lowest BCUT2D eigenvalue weighted by molar-refractivity contribution is 0.660. The van der Waals surface area contributed by atoms with Crippen molar-refractivity contribution in [1.82, 2.24) is 18.7 Å². The van der Waals surface area contributed by atoms with Gasteiger partial charge < -0.3 is 9.13 Å². The Balaban J connectivity index is 0.993. The summed E-state index contributed by atoms with van der Waals surface area (Å²) >= 11 is 0. The summed E-state index contributed by atoms with van der Waals surface area (Å²) in [6.45, 7) is 4.82. The molecule has 1 aliphatic carbocycles. The number of imidazole rings is 1. The smallest absolute Gasteiger partial charge is 0.145 e. The number of hydrogen-bond donors (Lipinski definition) is 0. The van der Waals surface area contributed by atoms with Crippen molar-refractivity contribution in [2.24, 2.45) is 0 Å². The maximum Gasteiger partial charge on any atom is 0.145 e. The number of fused-ring (bicyclic) bond motifs is 10. The van der Waals surface area contributed by atoms with Gasteiger partial charge in [-0.2, -0.15) is 0 Å². The lowest BCUT2D eigenvalue weighted by atomic mass is 9.80. The number of para-hydroxylation sites is 6. The van der Waals surface area contributed by atoms with Crippen LogP contribution >= 0.6 is 0 Å². The molecule has 0 saturated carbocycles. The summed E-state index contributed by atoms with van der Waals surface area (Å²) in [4.78, 5) is 5.37. The van der Waals surface area contributed by atoms with E-state index >= 15 is 0 Å². The van der Waals surface area contributed by atoms with Crippen molar-refractivity contribution in [3.63, 3.8) is 0 Å². The van der Waals surface area contributed by atoms with Crippen LogP contribution in [0.4, 0.5) is 0 Å². The molecule has 13 aromatic rings. The monoisotopic (exact) mass is 868 g/mol. The summed E-state index contributed by atoms with van der Waals surface area (Å²) in [5, 5.41) is 4.98. The molecule has 68 heavy (non-hydrogen) atoms. The summed E-state index contributed by atoms with van der Waals surface area (Å²) in [5.41, 5.74) is 21.0. The highest BCUT2D eigenvalue weighted by molar-refractivity contribution is 6.12. The molecule has 0 saturated heterocycles. The summed E-state index contributed by atoms with van der Waals surface area (Å²) in [6, 6.07) is 84.3. The molecule has 4 nitrogen and oxygen atoms in total. The van der Waals surface area contributed by atoms with Crippen molar-refractivity contribution in [2.75, 3.05) is 0 Å². The molecule has 0 bridgehead atoms. The van der Waals surface area contributed by atoms with E-state index in [9.17, 15) is 0 Å². The fraction of sp³-hybridized carbons (Fsp3) is 0.0469. The van der Waals surface area contributed by atoms with Crippen LogP contribution in [-0.2, 0) is 5.41 Å². The first-order valence-electron chi connectivity index (χ1n) is 23.5. The van der Waals surface area contributed by atoms with E-state index in [0.29, 0.717) is 0 Å². The zero-order chi connectivity index (χ0) is 45.1. The van der Waals surface area contributed by atoms with Gasteiger partial charge in [0.05, 0.1) is 38.8 Å². The van der Waals surface area contributed by atoms with Gasteiger partial charge in [-0.25, -0.2) is 4.98 Å². The highest BCUT2D eigenvalue weighted by Gasteiger charge is 2.39. The predicted octanol–water partition coefficient (Wildman–Crippen LogP) is 16.5. The van der Waals surface area contributed by atoms with E-state index in [1.165, 1.54) is 93.8 Å². The molecule has 0 radical (unpaired) electrons. The Kier molecular flexibility index (Phi) is 8.29. The van der Waals surface area contributed by atoms with E-state index in [-0.39, 0.29) is 5.41 Å². The van der Waals surface area contributed by atoms with E-state index in [4.69, 9.17) is 4.98 Å². The first-order valence-corrected chi connectivity index (χ1v) is 23.5. The number of nitrogens with zero attached hydrogens (tertiary/aromatic N) is 4. The molecule has 1 aliphatic rings. The van der Waals surface area contributed by atoms with Crippen molar-refractivity contribution in [3.8, 4) is 61.8 Å². The second kappa shape index (κ2) is 14.6. The van der Waals surface area contributed by atoms with Gasteiger partial charge in [0.15, 0.2) is 0 Å². The predicted molar refractivity (Wildman–Crippen MR) is 284 cm³/mol. The fourth-order valence-electron chi connectivity index (χ4n) is 11.4. The number of rotatable bonds is 6. The van der Waals surface area contributed by atoms with Crippen LogP contribution in [0.1, 0.15) is 25.0 Å². The molecule has 320 valence electrons. The molecule has 0 aliphatic heterocycles. The molecule has 3 heterocycles. The molecule has 0 unspecified atom stereocenters. The van der Waals surface area contributed by atoms with E-state index < -0.39 is 0 Å². The molecule has 0 amide bonds. The summed E-state index contributed by atoms with van der Waals surface area (Å²) in [5.74, 6) is 0.929. The third kappa shape index (κ3) is 5.64. The molecule has 0 fully saturated rings. The van der Waals surface area contributed by atoms with Crippen LogP contribution in [0.3, 0.4) is 0 Å². The maximum atomic E-state index is 5.37. The maximum absolute atomic E-state index is 5.37. The van der Waals surface area contributed by atoms with Crippen LogP contribution in [0, 0.1) is 0 Å². The molecular formula is C64H44N4. The van der Waals surface area contributed by atoms with E-state index in [1.807, 2.05) is 0 Å². The quantitative estimate of drug-likeness (QED) is 0.164. The van der Waals surface area contributed by atoms with Crippen molar-refractivity contribution < 1.29 is 0 Å². The normalized spacial score (nSPS) is 13.0. The first-order chi connectivity index (χ1) is 33.5. The Hall–Kier alpha value is -8.73. The van der Waals surface area contributed by atoms with Gasteiger partial charge >= 0.3 is 0 Å². The Bertz CT molecular complexity index is 4150. The van der Waals surface area contributed by atoms with Crippen LogP contribution in [0.25, 0.3) is 116 Å². The van der Waals surface area contributed by atoms with Gasteiger partial charge in [-0.15, -0.1) is 0 Å². The molecule has 0 atom stereocenters. The van der Waals surface area contributed by atoms with Gasteiger partial charge in [0.1, 0.15) is 5.82 Å². The van der Waals surface area contributed by atoms with Gasteiger partial charge in [-0.1, -0.05) is 153 Å². The number of hydrogen-bond acceptors (Lipinski definition) is 1. The average Bonchev–Trinajstić information content (AvgIpc) is 4.11. The molecule has 0 spiro atoms. The highest BCUT2D eigenvalue weighted by atomic mass is 15.1. The summed E-state index contributed by atoms with van der Waals surface area (Å²) in [6.07, 6.45) is 0. The summed E-state index contributed by atoms with van der Waals surface area (Å²) in [7, 11) is 0. The van der Waals surface area contributed by atoms with E-state index in [1.54, 1.807) is 0 Å².